The average Bonchev–Trinajstić information content (AvgIpc) is 2.82. The molecule has 0 unspecified atom stereocenters. The van der Waals surface area contributed by atoms with E-state index in [1.165, 1.54) is 5.56 Å². The van der Waals surface area contributed by atoms with E-state index in [-0.39, 0.29) is 0 Å². The van der Waals surface area contributed by atoms with E-state index >= 15 is 0 Å². The number of pyridine rings is 1. The highest BCUT2D eigenvalue weighted by Crippen LogP contribution is 2.22. The molecule has 0 atom stereocenters. The molecule has 2 aromatic heterocycles. The summed E-state index contributed by atoms with van der Waals surface area (Å²) in [6.07, 6.45) is 5.61. The topological polar surface area (TPSA) is 46.0 Å². The maximum atomic E-state index is 4.57. The Morgan fingerprint density at radius 3 is 2.76 bits per heavy atom. The zero-order valence-corrected chi connectivity index (χ0v) is 14.6. The van der Waals surface area contributed by atoms with Gasteiger partial charge in [0.2, 0.25) is 0 Å². The van der Waals surface area contributed by atoms with Crippen molar-refractivity contribution in [3.8, 4) is 0 Å². The Balaban J connectivity index is 2.19. The van der Waals surface area contributed by atoms with Crippen molar-refractivity contribution in [2.24, 2.45) is 7.05 Å². The minimum Gasteiger partial charge on any atom is -0.352 e. The van der Waals surface area contributed by atoms with Crippen molar-refractivity contribution in [2.45, 2.75) is 33.0 Å². The van der Waals surface area contributed by atoms with Gasteiger partial charge in [0.05, 0.1) is 6.54 Å². The molecule has 0 aromatic carbocycles. The zero-order valence-electron chi connectivity index (χ0n) is 13.0. The first-order valence-electron chi connectivity index (χ1n) is 7.02. The number of aryl methyl sites for hydroxylation is 1. The molecule has 114 valence electrons. The first-order valence-corrected chi connectivity index (χ1v) is 7.82. The van der Waals surface area contributed by atoms with Gasteiger partial charge in [-0.2, -0.15) is 0 Å². The van der Waals surface area contributed by atoms with Crippen molar-refractivity contribution in [3.05, 3.63) is 40.5 Å². The molecule has 0 amide bonds. The van der Waals surface area contributed by atoms with Crippen molar-refractivity contribution in [1.82, 2.24) is 19.9 Å². The van der Waals surface area contributed by atoms with E-state index < -0.39 is 0 Å². The van der Waals surface area contributed by atoms with Gasteiger partial charge in [0.1, 0.15) is 11.6 Å². The Kier molecular flexibility index (Phi) is 5.36. The SMILES string of the molecule is CC(C)NCc1cc(Br)cnc1N(C)Cc1nccn1C. The number of rotatable bonds is 6. The molecular formula is C15H22BrN5. The van der Waals surface area contributed by atoms with Crippen LogP contribution in [0.1, 0.15) is 25.2 Å². The molecule has 5 nitrogen and oxygen atoms in total. The van der Waals surface area contributed by atoms with Crippen molar-refractivity contribution in [3.63, 3.8) is 0 Å². The van der Waals surface area contributed by atoms with E-state index in [2.05, 4.69) is 56.0 Å². The number of nitrogens with one attached hydrogen (secondary N) is 1. The Morgan fingerprint density at radius 1 is 1.38 bits per heavy atom. The number of hydrogen-bond acceptors (Lipinski definition) is 4. The van der Waals surface area contributed by atoms with Gasteiger partial charge in [-0.15, -0.1) is 0 Å². The highest BCUT2D eigenvalue weighted by Gasteiger charge is 2.12. The molecule has 0 spiro atoms. The van der Waals surface area contributed by atoms with Crippen LogP contribution >= 0.6 is 15.9 Å². The lowest BCUT2D eigenvalue weighted by molar-refractivity contribution is 0.586. The van der Waals surface area contributed by atoms with E-state index in [0.29, 0.717) is 6.04 Å². The molecule has 21 heavy (non-hydrogen) atoms. The number of imidazole rings is 1. The maximum absolute atomic E-state index is 4.57. The molecule has 1 N–H and O–H groups in total. The van der Waals surface area contributed by atoms with Crippen LogP contribution < -0.4 is 10.2 Å². The summed E-state index contributed by atoms with van der Waals surface area (Å²) in [4.78, 5) is 11.1. The van der Waals surface area contributed by atoms with Gasteiger partial charge < -0.3 is 14.8 Å². The van der Waals surface area contributed by atoms with E-state index in [1.807, 2.05) is 37.3 Å². The fourth-order valence-corrected chi connectivity index (χ4v) is 2.48. The minimum atomic E-state index is 0.441. The fraction of sp³-hybridized carbons (Fsp3) is 0.467. The molecule has 0 bridgehead atoms. The van der Waals surface area contributed by atoms with E-state index in [0.717, 1.165) is 29.2 Å². The second-order valence-electron chi connectivity index (χ2n) is 5.48. The summed E-state index contributed by atoms with van der Waals surface area (Å²) in [6, 6.07) is 2.56. The van der Waals surface area contributed by atoms with Crippen LogP contribution in [0.5, 0.6) is 0 Å². The second-order valence-corrected chi connectivity index (χ2v) is 6.40. The molecule has 2 heterocycles. The standard InChI is InChI=1S/C15H22BrN5/c1-11(2)18-8-12-7-13(16)9-19-15(12)21(4)10-14-17-5-6-20(14)3/h5-7,9,11,18H,8,10H2,1-4H3. The highest BCUT2D eigenvalue weighted by molar-refractivity contribution is 9.10. The average molecular weight is 352 g/mol. The Morgan fingerprint density at radius 2 is 2.14 bits per heavy atom. The predicted molar refractivity (Wildman–Crippen MR) is 89.2 cm³/mol. The molecule has 0 aliphatic carbocycles. The largest absolute Gasteiger partial charge is 0.352 e. The van der Waals surface area contributed by atoms with Gasteiger partial charge in [0.15, 0.2) is 0 Å². The number of nitrogens with zero attached hydrogens (tertiary/aromatic N) is 4. The third-order valence-electron chi connectivity index (χ3n) is 3.27. The number of anilines is 1. The van der Waals surface area contributed by atoms with Crippen LogP contribution in [0.25, 0.3) is 0 Å². The smallest absolute Gasteiger partial charge is 0.133 e. The van der Waals surface area contributed by atoms with Crippen LogP contribution in [0.2, 0.25) is 0 Å². The Hall–Kier alpha value is -1.40. The third-order valence-corrected chi connectivity index (χ3v) is 3.71. The summed E-state index contributed by atoms with van der Waals surface area (Å²) in [5.74, 6) is 2.00. The lowest BCUT2D eigenvalue weighted by Crippen LogP contribution is -2.26. The summed E-state index contributed by atoms with van der Waals surface area (Å²) in [5.41, 5.74) is 1.18. The van der Waals surface area contributed by atoms with E-state index in [4.69, 9.17) is 0 Å². The van der Waals surface area contributed by atoms with Gasteiger partial charge in [-0.05, 0) is 22.0 Å². The third kappa shape index (κ3) is 4.28. The van der Waals surface area contributed by atoms with Gasteiger partial charge in [-0.3, -0.25) is 0 Å². The van der Waals surface area contributed by atoms with Gasteiger partial charge in [0, 0.05) is 55.3 Å². The van der Waals surface area contributed by atoms with Gasteiger partial charge in [0.25, 0.3) is 0 Å². The summed E-state index contributed by atoms with van der Waals surface area (Å²) in [5, 5.41) is 3.45. The predicted octanol–water partition coefficient (Wildman–Crippen LogP) is 2.71. The molecule has 0 aliphatic heterocycles. The second kappa shape index (κ2) is 7.04. The molecule has 2 rings (SSSR count). The maximum Gasteiger partial charge on any atom is 0.133 e. The van der Waals surface area contributed by atoms with Crippen LogP contribution in [-0.4, -0.2) is 27.6 Å². The lowest BCUT2D eigenvalue weighted by atomic mass is 10.2. The summed E-state index contributed by atoms with van der Waals surface area (Å²) in [6.45, 7) is 5.81. The molecular weight excluding hydrogens is 330 g/mol. The number of aromatic nitrogens is 3. The molecule has 0 aliphatic rings. The van der Waals surface area contributed by atoms with Crippen LogP contribution in [-0.2, 0) is 20.1 Å². The molecule has 0 fully saturated rings. The van der Waals surface area contributed by atoms with E-state index in [9.17, 15) is 0 Å². The number of hydrogen-bond donors (Lipinski definition) is 1. The van der Waals surface area contributed by atoms with Crippen molar-refractivity contribution < 1.29 is 0 Å². The summed E-state index contributed by atoms with van der Waals surface area (Å²) < 4.78 is 3.03. The fourth-order valence-electron chi connectivity index (χ4n) is 2.10. The van der Waals surface area contributed by atoms with Crippen molar-refractivity contribution in [2.75, 3.05) is 11.9 Å². The number of halogens is 1. The molecule has 2 aromatic rings. The summed E-state index contributed by atoms with van der Waals surface area (Å²) >= 11 is 3.50. The highest BCUT2D eigenvalue weighted by atomic mass is 79.9. The molecule has 0 radical (unpaired) electrons. The van der Waals surface area contributed by atoms with Crippen molar-refractivity contribution >= 4 is 21.7 Å². The molecule has 6 heteroatoms. The minimum absolute atomic E-state index is 0.441. The molecule has 0 saturated carbocycles. The van der Waals surface area contributed by atoms with Crippen LogP contribution in [0.3, 0.4) is 0 Å². The Labute approximate surface area is 134 Å². The van der Waals surface area contributed by atoms with Gasteiger partial charge in [-0.25, -0.2) is 9.97 Å². The normalized spacial score (nSPS) is 11.1. The Bertz CT molecular complexity index is 593. The first kappa shape index (κ1) is 16.0. The van der Waals surface area contributed by atoms with Gasteiger partial charge >= 0.3 is 0 Å². The monoisotopic (exact) mass is 351 g/mol. The van der Waals surface area contributed by atoms with Gasteiger partial charge in [-0.1, -0.05) is 13.8 Å². The molecule has 0 saturated heterocycles. The lowest BCUT2D eigenvalue weighted by Gasteiger charge is -2.22. The quantitative estimate of drug-likeness (QED) is 0.868. The van der Waals surface area contributed by atoms with Crippen molar-refractivity contribution in [1.29, 1.82) is 0 Å². The van der Waals surface area contributed by atoms with Crippen LogP contribution in [0, 0.1) is 0 Å². The summed E-state index contributed by atoms with van der Waals surface area (Å²) in [7, 11) is 4.05. The van der Waals surface area contributed by atoms with Crippen LogP contribution in [0.15, 0.2) is 29.1 Å². The van der Waals surface area contributed by atoms with E-state index in [1.54, 1.807) is 0 Å². The first-order chi connectivity index (χ1) is 9.97. The zero-order chi connectivity index (χ0) is 15.4. The van der Waals surface area contributed by atoms with Crippen LogP contribution in [0.4, 0.5) is 5.82 Å².